The van der Waals surface area contributed by atoms with Crippen molar-refractivity contribution in [2.45, 2.75) is 25.3 Å². The highest BCUT2D eigenvalue weighted by atomic mass is 15.4. The Bertz CT molecular complexity index is 470. The molecule has 20 heavy (non-hydrogen) atoms. The Morgan fingerprint density at radius 3 is 2.55 bits per heavy atom. The van der Waals surface area contributed by atoms with E-state index >= 15 is 0 Å². The number of rotatable bonds is 3. The molecule has 2 saturated heterocycles. The summed E-state index contributed by atoms with van der Waals surface area (Å²) in [6.07, 6.45) is 3.85. The van der Waals surface area contributed by atoms with Gasteiger partial charge in [-0.25, -0.2) is 0 Å². The normalized spacial score (nSPS) is 23.5. The Kier molecular flexibility index (Phi) is 3.60. The van der Waals surface area contributed by atoms with Gasteiger partial charge in [0, 0.05) is 33.2 Å². The third kappa shape index (κ3) is 2.63. The lowest BCUT2D eigenvalue weighted by atomic mass is 10.2. The predicted octanol–water partition coefficient (Wildman–Crippen LogP) is 0.194. The number of aromatic nitrogens is 3. The SMILES string of the molecule is CN(C)c1nc(N)nc(N2CCC(N3CCCC3)C2)n1. The average molecular weight is 277 g/mol. The van der Waals surface area contributed by atoms with Crippen LogP contribution in [0.15, 0.2) is 0 Å². The third-order valence-electron chi connectivity index (χ3n) is 4.13. The summed E-state index contributed by atoms with van der Waals surface area (Å²) < 4.78 is 0. The maximum absolute atomic E-state index is 5.80. The maximum Gasteiger partial charge on any atom is 0.232 e. The van der Waals surface area contributed by atoms with Gasteiger partial charge in [0.05, 0.1) is 0 Å². The molecule has 7 nitrogen and oxygen atoms in total. The monoisotopic (exact) mass is 277 g/mol. The summed E-state index contributed by atoms with van der Waals surface area (Å²) in [6, 6.07) is 0.637. The van der Waals surface area contributed by atoms with Gasteiger partial charge in [-0.3, -0.25) is 4.90 Å². The maximum atomic E-state index is 5.80. The second kappa shape index (κ2) is 5.40. The minimum atomic E-state index is 0.295. The Hall–Kier alpha value is -1.63. The summed E-state index contributed by atoms with van der Waals surface area (Å²) >= 11 is 0. The van der Waals surface area contributed by atoms with Crippen LogP contribution in [0, 0.1) is 0 Å². The number of hydrogen-bond donors (Lipinski definition) is 1. The first-order valence-corrected chi connectivity index (χ1v) is 7.31. The number of nitrogen functional groups attached to an aromatic ring is 1. The molecule has 2 aliphatic heterocycles. The van der Waals surface area contributed by atoms with Gasteiger partial charge in [-0.2, -0.15) is 15.0 Å². The molecule has 2 aliphatic rings. The van der Waals surface area contributed by atoms with Crippen LogP contribution in [0.4, 0.5) is 17.8 Å². The molecule has 0 radical (unpaired) electrons. The van der Waals surface area contributed by atoms with E-state index in [2.05, 4.69) is 24.8 Å². The molecule has 1 unspecified atom stereocenters. The highest BCUT2D eigenvalue weighted by Gasteiger charge is 2.30. The smallest absolute Gasteiger partial charge is 0.232 e. The van der Waals surface area contributed by atoms with E-state index in [9.17, 15) is 0 Å². The van der Waals surface area contributed by atoms with Gasteiger partial charge >= 0.3 is 0 Å². The van der Waals surface area contributed by atoms with Crippen LogP contribution in [0.3, 0.4) is 0 Å². The molecular weight excluding hydrogens is 254 g/mol. The van der Waals surface area contributed by atoms with Crippen LogP contribution in [-0.4, -0.2) is 66.2 Å². The Morgan fingerprint density at radius 2 is 1.85 bits per heavy atom. The van der Waals surface area contributed by atoms with Gasteiger partial charge in [-0.05, 0) is 32.4 Å². The number of nitrogens with two attached hydrogens (primary N) is 1. The molecule has 2 fully saturated rings. The van der Waals surface area contributed by atoms with E-state index in [4.69, 9.17) is 5.73 Å². The summed E-state index contributed by atoms with van der Waals surface area (Å²) in [7, 11) is 3.82. The van der Waals surface area contributed by atoms with Crippen LogP contribution >= 0.6 is 0 Å². The quantitative estimate of drug-likeness (QED) is 0.845. The van der Waals surface area contributed by atoms with Crippen molar-refractivity contribution in [1.29, 1.82) is 0 Å². The van der Waals surface area contributed by atoms with Crippen LogP contribution in [0.5, 0.6) is 0 Å². The molecule has 1 atom stereocenters. The fraction of sp³-hybridized carbons (Fsp3) is 0.769. The molecule has 3 rings (SSSR count). The Morgan fingerprint density at radius 1 is 1.10 bits per heavy atom. The zero-order chi connectivity index (χ0) is 14.1. The third-order valence-corrected chi connectivity index (χ3v) is 4.13. The van der Waals surface area contributed by atoms with Crippen molar-refractivity contribution in [2.75, 3.05) is 55.8 Å². The lowest BCUT2D eigenvalue weighted by molar-refractivity contribution is 0.260. The van der Waals surface area contributed by atoms with Gasteiger partial charge < -0.3 is 15.5 Å². The van der Waals surface area contributed by atoms with E-state index in [1.54, 1.807) is 0 Å². The molecule has 0 bridgehead atoms. The molecule has 3 heterocycles. The van der Waals surface area contributed by atoms with E-state index < -0.39 is 0 Å². The van der Waals surface area contributed by atoms with Crippen molar-refractivity contribution >= 4 is 17.8 Å². The van der Waals surface area contributed by atoms with E-state index in [1.807, 2.05) is 19.0 Å². The number of nitrogens with zero attached hydrogens (tertiary/aromatic N) is 6. The van der Waals surface area contributed by atoms with Crippen molar-refractivity contribution in [3.05, 3.63) is 0 Å². The minimum Gasteiger partial charge on any atom is -0.368 e. The fourth-order valence-corrected chi connectivity index (χ4v) is 3.04. The average Bonchev–Trinajstić information content (AvgIpc) is 3.09. The zero-order valence-electron chi connectivity index (χ0n) is 12.3. The van der Waals surface area contributed by atoms with Gasteiger partial charge in [-0.15, -0.1) is 0 Å². The molecular formula is C13H23N7. The first kappa shape index (κ1) is 13.4. The molecule has 7 heteroatoms. The molecule has 110 valence electrons. The van der Waals surface area contributed by atoms with Gasteiger partial charge in [0.25, 0.3) is 0 Å². The molecule has 0 aliphatic carbocycles. The van der Waals surface area contributed by atoms with Crippen LogP contribution in [0.25, 0.3) is 0 Å². The van der Waals surface area contributed by atoms with Crippen LogP contribution in [0.2, 0.25) is 0 Å². The lowest BCUT2D eigenvalue weighted by Crippen LogP contribution is -2.35. The van der Waals surface area contributed by atoms with Crippen molar-refractivity contribution in [3.63, 3.8) is 0 Å². The zero-order valence-corrected chi connectivity index (χ0v) is 12.3. The first-order valence-electron chi connectivity index (χ1n) is 7.31. The molecule has 1 aromatic rings. The summed E-state index contributed by atoms with van der Waals surface area (Å²) in [5.41, 5.74) is 5.80. The molecule has 1 aromatic heterocycles. The molecule has 0 saturated carbocycles. The van der Waals surface area contributed by atoms with E-state index in [0.717, 1.165) is 13.1 Å². The minimum absolute atomic E-state index is 0.295. The Balaban J connectivity index is 1.73. The van der Waals surface area contributed by atoms with E-state index in [0.29, 0.717) is 23.9 Å². The van der Waals surface area contributed by atoms with E-state index in [1.165, 1.54) is 32.4 Å². The first-order chi connectivity index (χ1) is 9.63. The van der Waals surface area contributed by atoms with Crippen LogP contribution in [0.1, 0.15) is 19.3 Å². The second-order valence-electron chi connectivity index (χ2n) is 5.82. The van der Waals surface area contributed by atoms with Crippen molar-refractivity contribution in [3.8, 4) is 0 Å². The molecule has 0 amide bonds. The standard InChI is InChI=1S/C13H23N7/c1-18(2)12-15-11(14)16-13(17-12)20-8-5-10(9-20)19-6-3-4-7-19/h10H,3-9H2,1-2H3,(H2,14,15,16,17). The van der Waals surface area contributed by atoms with Gasteiger partial charge in [0.1, 0.15) is 0 Å². The molecule has 0 aromatic carbocycles. The van der Waals surface area contributed by atoms with Gasteiger partial charge in [-0.1, -0.05) is 0 Å². The van der Waals surface area contributed by atoms with Crippen LogP contribution in [-0.2, 0) is 0 Å². The number of likely N-dealkylation sites (tertiary alicyclic amines) is 1. The number of hydrogen-bond acceptors (Lipinski definition) is 7. The van der Waals surface area contributed by atoms with Crippen molar-refractivity contribution < 1.29 is 0 Å². The fourth-order valence-electron chi connectivity index (χ4n) is 3.04. The highest BCUT2D eigenvalue weighted by Crippen LogP contribution is 2.24. The lowest BCUT2D eigenvalue weighted by Gasteiger charge is -2.24. The van der Waals surface area contributed by atoms with E-state index in [-0.39, 0.29) is 0 Å². The summed E-state index contributed by atoms with van der Waals surface area (Å²) in [4.78, 5) is 19.6. The second-order valence-corrected chi connectivity index (χ2v) is 5.82. The largest absolute Gasteiger partial charge is 0.368 e. The number of anilines is 3. The predicted molar refractivity (Wildman–Crippen MR) is 80.0 cm³/mol. The van der Waals surface area contributed by atoms with Gasteiger partial charge in [0.2, 0.25) is 17.8 Å². The van der Waals surface area contributed by atoms with Crippen LogP contribution < -0.4 is 15.5 Å². The van der Waals surface area contributed by atoms with Gasteiger partial charge in [0.15, 0.2) is 0 Å². The molecule has 0 spiro atoms. The summed E-state index contributed by atoms with van der Waals surface area (Å²) in [6.45, 7) is 4.47. The Labute approximate surface area is 119 Å². The topological polar surface area (TPSA) is 74.4 Å². The molecule has 2 N–H and O–H groups in total. The highest BCUT2D eigenvalue weighted by molar-refractivity contribution is 5.43. The summed E-state index contributed by atoms with van der Waals surface area (Å²) in [5.74, 6) is 1.63. The van der Waals surface area contributed by atoms with Crippen molar-refractivity contribution in [1.82, 2.24) is 19.9 Å². The summed E-state index contributed by atoms with van der Waals surface area (Å²) in [5, 5.41) is 0. The van der Waals surface area contributed by atoms with Crippen molar-refractivity contribution in [2.24, 2.45) is 0 Å².